The van der Waals surface area contributed by atoms with Crippen LogP contribution in [0.3, 0.4) is 0 Å². The van der Waals surface area contributed by atoms with E-state index in [0.717, 1.165) is 0 Å². The SMILES string of the molecule is CC(C)(C)Oc1cccc(O)c1N. The van der Waals surface area contributed by atoms with Gasteiger partial charge in [0.2, 0.25) is 0 Å². The number of rotatable bonds is 1. The highest BCUT2D eigenvalue weighted by atomic mass is 16.5. The Kier molecular flexibility index (Phi) is 2.36. The van der Waals surface area contributed by atoms with Crippen LogP contribution in [-0.2, 0) is 0 Å². The van der Waals surface area contributed by atoms with Crippen molar-refractivity contribution < 1.29 is 9.84 Å². The average molecular weight is 181 g/mol. The Morgan fingerprint density at radius 1 is 1.31 bits per heavy atom. The van der Waals surface area contributed by atoms with E-state index in [9.17, 15) is 5.11 Å². The number of ether oxygens (including phenoxy) is 1. The fourth-order valence-corrected chi connectivity index (χ4v) is 0.951. The minimum absolute atomic E-state index is 0.0572. The highest BCUT2D eigenvalue weighted by Gasteiger charge is 2.14. The normalized spacial score (nSPS) is 11.3. The number of nitrogens with two attached hydrogens (primary N) is 1. The molecule has 1 aromatic carbocycles. The molecule has 0 bridgehead atoms. The van der Waals surface area contributed by atoms with Crippen molar-refractivity contribution in [2.75, 3.05) is 5.73 Å². The monoisotopic (exact) mass is 181 g/mol. The minimum Gasteiger partial charge on any atom is -0.506 e. The van der Waals surface area contributed by atoms with Gasteiger partial charge in [0.15, 0.2) is 0 Å². The third kappa shape index (κ3) is 2.54. The molecule has 3 heteroatoms. The van der Waals surface area contributed by atoms with Gasteiger partial charge in [-0.3, -0.25) is 0 Å². The standard InChI is InChI=1S/C10H15NO2/c1-10(2,3)13-8-6-4-5-7(12)9(8)11/h4-6,12H,11H2,1-3H3. The molecule has 0 saturated heterocycles. The summed E-state index contributed by atoms with van der Waals surface area (Å²) in [6.07, 6.45) is 0. The zero-order valence-electron chi connectivity index (χ0n) is 8.16. The van der Waals surface area contributed by atoms with Gasteiger partial charge in [-0.2, -0.15) is 0 Å². The summed E-state index contributed by atoms with van der Waals surface area (Å²) in [5.74, 6) is 0.578. The van der Waals surface area contributed by atoms with E-state index in [2.05, 4.69) is 0 Å². The lowest BCUT2D eigenvalue weighted by Crippen LogP contribution is -2.23. The van der Waals surface area contributed by atoms with Gasteiger partial charge in [-0.15, -0.1) is 0 Å². The predicted molar refractivity (Wildman–Crippen MR) is 52.9 cm³/mol. The Labute approximate surface area is 78.1 Å². The van der Waals surface area contributed by atoms with E-state index in [1.165, 1.54) is 6.07 Å². The predicted octanol–water partition coefficient (Wildman–Crippen LogP) is 2.15. The van der Waals surface area contributed by atoms with Crippen molar-refractivity contribution in [1.82, 2.24) is 0 Å². The van der Waals surface area contributed by atoms with E-state index in [1.807, 2.05) is 20.8 Å². The molecule has 0 unspecified atom stereocenters. The molecule has 0 atom stereocenters. The van der Waals surface area contributed by atoms with Crippen molar-refractivity contribution in [2.45, 2.75) is 26.4 Å². The second-order valence-corrected chi connectivity index (χ2v) is 3.90. The number of hydrogen-bond donors (Lipinski definition) is 2. The molecule has 72 valence electrons. The van der Waals surface area contributed by atoms with Gasteiger partial charge in [-0.25, -0.2) is 0 Å². The molecule has 0 aliphatic carbocycles. The first-order valence-corrected chi connectivity index (χ1v) is 4.16. The van der Waals surface area contributed by atoms with E-state index in [1.54, 1.807) is 12.1 Å². The molecule has 0 heterocycles. The largest absolute Gasteiger partial charge is 0.506 e. The molecule has 1 aromatic rings. The molecule has 3 nitrogen and oxygen atoms in total. The minimum atomic E-state index is -0.304. The number of anilines is 1. The Morgan fingerprint density at radius 2 is 1.92 bits per heavy atom. The number of aromatic hydroxyl groups is 1. The number of para-hydroxylation sites is 1. The third-order valence-corrected chi connectivity index (χ3v) is 1.46. The summed E-state index contributed by atoms with van der Waals surface area (Å²) < 4.78 is 5.53. The van der Waals surface area contributed by atoms with Gasteiger partial charge in [0.25, 0.3) is 0 Å². The molecule has 0 saturated carbocycles. The van der Waals surface area contributed by atoms with Crippen molar-refractivity contribution in [3.63, 3.8) is 0 Å². The molecular formula is C10H15NO2. The van der Waals surface area contributed by atoms with E-state index in [-0.39, 0.29) is 17.0 Å². The summed E-state index contributed by atoms with van der Waals surface area (Å²) in [5.41, 5.74) is 5.60. The van der Waals surface area contributed by atoms with Gasteiger partial charge in [-0.05, 0) is 32.9 Å². The van der Waals surface area contributed by atoms with Crippen LogP contribution in [0.2, 0.25) is 0 Å². The lowest BCUT2D eigenvalue weighted by molar-refractivity contribution is 0.131. The Hall–Kier alpha value is -1.38. The Balaban J connectivity index is 2.96. The zero-order valence-corrected chi connectivity index (χ0v) is 8.16. The Bertz CT molecular complexity index is 302. The molecule has 0 spiro atoms. The Morgan fingerprint density at radius 3 is 2.46 bits per heavy atom. The number of nitrogen functional groups attached to an aromatic ring is 1. The maximum absolute atomic E-state index is 9.29. The first-order valence-electron chi connectivity index (χ1n) is 4.16. The molecular weight excluding hydrogens is 166 g/mol. The molecule has 0 fully saturated rings. The number of benzene rings is 1. The highest BCUT2D eigenvalue weighted by molar-refractivity contribution is 5.61. The van der Waals surface area contributed by atoms with Crippen molar-refractivity contribution in [1.29, 1.82) is 0 Å². The van der Waals surface area contributed by atoms with Crippen LogP contribution in [0.4, 0.5) is 5.69 Å². The smallest absolute Gasteiger partial charge is 0.146 e. The third-order valence-electron chi connectivity index (χ3n) is 1.46. The quantitative estimate of drug-likeness (QED) is 0.515. The average Bonchev–Trinajstić information content (AvgIpc) is 1.96. The topological polar surface area (TPSA) is 55.5 Å². The van der Waals surface area contributed by atoms with Gasteiger partial charge in [0.05, 0.1) is 0 Å². The molecule has 3 N–H and O–H groups in total. The maximum atomic E-state index is 9.29. The molecule has 0 aliphatic rings. The second-order valence-electron chi connectivity index (χ2n) is 3.90. The molecule has 13 heavy (non-hydrogen) atoms. The fourth-order valence-electron chi connectivity index (χ4n) is 0.951. The fraction of sp³-hybridized carbons (Fsp3) is 0.400. The van der Waals surface area contributed by atoms with Gasteiger partial charge < -0.3 is 15.6 Å². The lowest BCUT2D eigenvalue weighted by atomic mass is 10.2. The number of phenols is 1. The summed E-state index contributed by atoms with van der Waals surface area (Å²) >= 11 is 0. The van der Waals surface area contributed by atoms with E-state index >= 15 is 0 Å². The summed E-state index contributed by atoms with van der Waals surface area (Å²) in [6, 6.07) is 4.97. The van der Waals surface area contributed by atoms with Crippen LogP contribution in [0, 0.1) is 0 Å². The molecule has 0 radical (unpaired) electrons. The zero-order chi connectivity index (χ0) is 10.1. The van der Waals surface area contributed by atoms with Crippen molar-refractivity contribution in [3.8, 4) is 11.5 Å². The van der Waals surface area contributed by atoms with Crippen LogP contribution in [0.5, 0.6) is 11.5 Å². The van der Waals surface area contributed by atoms with Gasteiger partial charge >= 0.3 is 0 Å². The summed E-state index contributed by atoms with van der Waals surface area (Å²) in [7, 11) is 0. The molecule has 0 amide bonds. The van der Waals surface area contributed by atoms with Gasteiger partial charge in [0, 0.05) is 0 Å². The van der Waals surface area contributed by atoms with Crippen molar-refractivity contribution in [2.24, 2.45) is 0 Å². The van der Waals surface area contributed by atoms with E-state index in [4.69, 9.17) is 10.5 Å². The molecule has 1 rings (SSSR count). The van der Waals surface area contributed by atoms with E-state index < -0.39 is 0 Å². The van der Waals surface area contributed by atoms with Crippen LogP contribution in [-0.4, -0.2) is 10.7 Å². The van der Waals surface area contributed by atoms with Crippen LogP contribution >= 0.6 is 0 Å². The highest BCUT2D eigenvalue weighted by Crippen LogP contribution is 2.32. The van der Waals surface area contributed by atoms with Crippen molar-refractivity contribution in [3.05, 3.63) is 18.2 Å². The summed E-state index contributed by atoms with van der Waals surface area (Å²) in [5, 5.41) is 9.29. The van der Waals surface area contributed by atoms with E-state index in [0.29, 0.717) is 5.75 Å². The van der Waals surface area contributed by atoms with Crippen LogP contribution in [0.1, 0.15) is 20.8 Å². The maximum Gasteiger partial charge on any atom is 0.146 e. The molecule has 0 aliphatic heterocycles. The number of phenolic OH excluding ortho intramolecular Hbond substituents is 1. The van der Waals surface area contributed by atoms with Crippen LogP contribution < -0.4 is 10.5 Å². The first kappa shape index (κ1) is 9.71. The van der Waals surface area contributed by atoms with Crippen LogP contribution in [0.25, 0.3) is 0 Å². The number of hydrogen-bond acceptors (Lipinski definition) is 3. The van der Waals surface area contributed by atoms with Crippen molar-refractivity contribution >= 4 is 5.69 Å². The second kappa shape index (κ2) is 3.17. The summed E-state index contributed by atoms with van der Waals surface area (Å²) in [6.45, 7) is 5.78. The van der Waals surface area contributed by atoms with Gasteiger partial charge in [0.1, 0.15) is 22.8 Å². The van der Waals surface area contributed by atoms with Gasteiger partial charge in [-0.1, -0.05) is 6.07 Å². The van der Waals surface area contributed by atoms with Crippen LogP contribution in [0.15, 0.2) is 18.2 Å². The molecule has 0 aromatic heterocycles. The first-order chi connectivity index (χ1) is 5.90. The lowest BCUT2D eigenvalue weighted by Gasteiger charge is -2.22. The summed E-state index contributed by atoms with van der Waals surface area (Å²) in [4.78, 5) is 0.